The lowest BCUT2D eigenvalue weighted by atomic mass is 10.0. The van der Waals surface area contributed by atoms with Crippen molar-refractivity contribution in [1.82, 2.24) is 46.1 Å². The van der Waals surface area contributed by atoms with E-state index in [4.69, 9.17) is 19.4 Å². The molecule has 0 unspecified atom stereocenters. The second kappa shape index (κ2) is 15.5. The first-order chi connectivity index (χ1) is 26.4. The molecule has 4 amide bonds. The van der Waals surface area contributed by atoms with Crippen LogP contribution in [0.2, 0.25) is 0 Å². The zero-order chi connectivity index (χ0) is 37.1. The van der Waals surface area contributed by atoms with Crippen molar-refractivity contribution in [2.24, 2.45) is 5.92 Å². The van der Waals surface area contributed by atoms with E-state index in [0.717, 1.165) is 49.8 Å². The van der Waals surface area contributed by atoms with E-state index in [-0.39, 0.29) is 36.8 Å². The molecule has 3 fully saturated rings. The number of tetrazole rings is 1. The first-order valence-electron chi connectivity index (χ1n) is 18.6. The van der Waals surface area contributed by atoms with Gasteiger partial charge in [-0.25, -0.2) is 14.8 Å². The first kappa shape index (κ1) is 35.6. The van der Waals surface area contributed by atoms with E-state index in [1.54, 1.807) is 0 Å². The minimum absolute atomic E-state index is 0.0169. The largest absolute Gasteiger partial charge is 0.471 e. The maximum atomic E-state index is 14.6. The maximum Gasteiger partial charge on any atom is 0.408 e. The minimum atomic E-state index is -1.29. The number of nitrogens with one attached hydrogen (secondary N) is 4. The molecule has 1 aromatic carbocycles. The average molecular weight is 755 g/mol. The molecule has 0 radical (unpaired) electrons. The van der Waals surface area contributed by atoms with Crippen LogP contribution in [0.3, 0.4) is 0 Å². The van der Waals surface area contributed by atoms with Gasteiger partial charge in [0.1, 0.15) is 35.5 Å². The fourth-order valence-corrected chi connectivity index (χ4v) is 8.43. The molecule has 54 heavy (non-hydrogen) atoms. The smallest absolute Gasteiger partial charge is 0.408 e. The Labute approximate surface area is 314 Å². The predicted molar refractivity (Wildman–Crippen MR) is 197 cm³/mol. The number of alkyl carbamates (subject to hydrolysis) is 1. The molecule has 0 bridgehead atoms. The molecule has 17 heteroatoms. The number of hydrogen-bond donors (Lipinski definition) is 4. The van der Waals surface area contributed by atoms with Crippen molar-refractivity contribution in [2.75, 3.05) is 11.9 Å². The Morgan fingerprint density at radius 3 is 2.56 bits per heavy atom. The van der Waals surface area contributed by atoms with Crippen molar-refractivity contribution in [3.63, 3.8) is 0 Å². The number of thiophene rings is 1. The zero-order valence-corrected chi connectivity index (χ0v) is 30.4. The van der Waals surface area contributed by atoms with E-state index in [1.165, 1.54) is 16.2 Å². The minimum Gasteiger partial charge on any atom is -0.471 e. The standard InChI is InChI=1S/C37H42N10O6S/c48-31-28-19-24(52-32-30(29-17-10-18-54-29)38-25-14-8-9-15-26(25)39-32)21-47(28)33(49)27(40-36(51)53-23-12-6-7-13-23)16-5-3-1-2-4-11-22-20-37(22,42-31)34(50)41-35-43-45-46-44-35/h4,8-11,14-15,17-18,22-24,27-28H,1-3,5-7,12-13,16,19-21H2,(H,40,51)(H,42,48)(H2,41,43,44,45,46,50)/b11-4-/t22-,24+,27-,28-,37+/m0/s1. The van der Waals surface area contributed by atoms with Crippen molar-refractivity contribution in [2.45, 2.75) is 100 Å². The van der Waals surface area contributed by atoms with Gasteiger partial charge in [-0.1, -0.05) is 48.3 Å². The molecule has 2 saturated carbocycles. The summed E-state index contributed by atoms with van der Waals surface area (Å²) in [7, 11) is 0. The summed E-state index contributed by atoms with van der Waals surface area (Å²) in [5, 5.41) is 24.0. The lowest BCUT2D eigenvalue weighted by Crippen LogP contribution is -2.57. The van der Waals surface area contributed by atoms with Crippen molar-refractivity contribution in [1.29, 1.82) is 0 Å². The van der Waals surface area contributed by atoms with Gasteiger partial charge in [-0.2, -0.15) is 5.21 Å². The van der Waals surface area contributed by atoms with Crippen molar-refractivity contribution in [3.05, 3.63) is 53.9 Å². The fourth-order valence-electron chi connectivity index (χ4n) is 7.72. The highest BCUT2D eigenvalue weighted by Crippen LogP contribution is 2.46. The van der Waals surface area contributed by atoms with Crippen molar-refractivity contribution < 1.29 is 28.7 Å². The highest BCUT2D eigenvalue weighted by Gasteiger charge is 2.61. The summed E-state index contributed by atoms with van der Waals surface area (Å²) < 4.78 is 12.3. The van der Waals surface area contributed by atoms with Crippen LogP contribution in [0, 0.1) is 5.92 Å². The Hall–Kier alpha value is -5.45. The highest BCUT2D eigenvalue weighted by atomic mass is 32.1. The van der Waals surface area contributed by atoms with Crippen LogP contribution in [-0.2, 0) is 19.1 Å². The second-order valence-corrected chi connectivity index (χ2v) is 15.3. The van der Waals surface area contributed by atoms with Gasteiger partial charge in [0, 0.05) is 12.3 Å². The number of rotatable bonds is 7. The van der Waals surface area contributed by atoms with E-state index in [0.29, 0.717) is 36.0 Å². The molecule has 5 heterocycles. The van der Waals surface area contributed by atoms with Crippen LogP contribution < -0.4 is 20.7 Å². The first-order valence-corrected chi connectivity index (χ1v) is 19.5. The van der Waals surface area contributed by atoms with Crippen molar-refractivity contribution in [3.8, 4) is 16.5 Å². The Balaban J connectivity index is 1.10. The summed E-state index contributed by atoms with van der Waals surface area (Å²) in [6.45, 7) is 0.0382. The molecular weight excluding hydrogens is 713 g/mol. The SMILES string of the molecule is O=C(N[C@H]1CCCCC/C=C\[C@H]2C[C@@]2(C(=O)Nc2nn[nH]n2)NC(=O)[C@@H]2C[C@@H](Oc3nc4ccccc4nc3-c3cccs3)CN2C1=O)OC1CCCC1. The van der Waals surface area contributed by atoms with E-state index in [1.807, 2.05) is 53.9 Å². The van der Waals surface area contributed by atoms with E-state index in [2.05, 4.69) is 36.6 Å². The Kier molecular flexibility index (Phi) is 10.2. The van der Waals surface area contributed by atoms with Crippen LogP contribution >= 0.6 is 11.3 Å². The van der Waals surface area contributed by atoms with Gasteiger partial charge in [-0.3, -0.25) is 19.7 Å². The van der Waals surface area contributed by atoms with Gasteiger partial charge in [0.25, 0.3) is 11.9 Å². The molecule has 0 spiro atoms. The van der Waals surface area contributed by atoms with Crippen LogP contribution in [0.25, 0.3) is 21.6 Å². The van der Waals surface area contributed by atoms with Crippen LogP contribution in [0.4, 0.5) is 10.7 Å². The zero-order valence-electron chi connectivity index (χ0n) is 29.6. The number of anilines is 1. The molecule has 282 valence electrons. The number of hydrogen-bond acceptors (Lipinski definition) is 12. The third kappa shape index (κ3) is 7.62. The number of nitrogens with zero attached hydrogens (tertiary/aromatic N) is 6. The molecule has 3 aromatic heterocycles. The normalized spacial score (nSPS) is 26.9. The number of fused-ring (bicyclic) bond motifs is 3. The number of carbonyl (C=O) groups excluding carboxylic acids is 4. The molecule has 5 atom stereocenters. The third-order valence-corrected chi connectivity index (χ3v) is 11.5. The molecule has 16 nitrogen and oxygen atoms in total. The third-order valence-electron chi connectivity index (χ3n) is 10.7. The summed E-state index contributed by atoms with van der Waals surface area (Å²) >= 11 is 1.50. The van der Waals surface area contributed by atoms with E-state index >= 15 is 0 Å². The summed E-state index contributed by atoms with van der Waals surface area (Å²) in [5.41, 5.74) is 0.614. The van der Waals surface area contributed by atoms with Gasteiger partial charge >= 0.3 is 6.09 Å². The lowest BCUT2D eigenvalue weighted by molar-refractivity contribution is -0.141. The molecule has 1 saturated heterocycles. The topological polar surface area (TPSA) is 206 Å². The number of H-pyrrole nitrogens is 1. The quantitative estimate of drug-likeness (QED) is 0.196. The summed E-state index contributed by atoms with van der Waals surface area (Å²) in [4.78, 5) is 68.0. The van der Waals surface area contributed by atoms with Crippen LogP contribution in [-0.4, -0.2) is 95.7 Å². The van der Waals surface area contributed by atoms with E-state index in [9.17, 15) is 19.2 Å². The number of ether oxygens (including phenoxy) is 2. The summed E-state index contributed by atoms with van der Waals surface area (Å²) in [6.07, 6.45) is 10.0. The number of aromatic nitrogens is 6. The number of aromatic amines is 1. The Bertz CT molecular complexity index is 2020. The van der Waals surface area contributed by atoms with Gasteiger partial charge in [-0.05, 0) is 80.2 Å². The molecule has 4 aliphatic rings. The van der Waals surface area contributed by atoms with E-state index < -0.39 is 47.5 Å². The molecule has 4 N–H and O–H groups in total. The van der Waals surface area contributed by atoms with Crippen LogP contribution in [0.1, 0.15) is 70.6 Å². The number of carbonyl (C=O) groups is 4. The van der Waals surface area contributed by atoms with Crippen LogP contribution in [0.5, 0.6) is 5.88 Å². The number of benzene rings is 1. The molecular formula is C37H42N10O6S. The van der Waals surface area contributed by atoms with Gasteiger partial charge in [0.15, 0.2) is 0 Å². The lowest BCUT2D eigenvalue weighted by Gasteiger charge is -2.30. The van der Waals surface area contributed by atoms with Gasteiger partial charge in [0.05, 0.1) is 22.5 Å². The Morgan fingerprint density at radius 2 is 1.78 bits per heavy atom. The van der Waals surface area contributed by atoms with Gasteiger partial charge < -0.3 is 25.0 Å². The molecule has 2 aliphatic heterocycles. The molecule has 2 aliphatic carbocycles. The summed E-state index contributed by atoms with van der Waals surface area (Å²) in [6, 6.07) is 9.40. The average Bonchev–Trinajstić information content (AvgIpc) is 3.84. The number of para-hydroxylation sites is 2. The molecule has 8 rings (SSSR count). The summed E-state index contributed by atoms with van der Waals surface area (Å²) in [5.74, 6) is -1.43. The molecule has 4 aromatic rings. The number of allylic oxidation sites excluding steroid dienone is 1. The van der Waals surface area contributed by atoms with Crippen LogP contribution in [0.15, 0.2) is 53.9 Å². The maximum absolute atomic E-state index is 14.6. The van der Waals surface area contributed by atoms with Gasteiger partial charge in [0.2, 0.25) is 17.7 Å². The Morgan fingerprint density at radius 1 is 0.963 bits per heavy atom. The van der Waals surface area contributed by atoms with Crippen molar-refractivity contribution >= 4 is 52.1 Å². The highest BCUT2D eigenvalue weighted by molar-refractivity contribution is 7.13. The second-order valence-electron chi connectivity index (χ2n) is 14.4. The predicted octanol–water partition coefficient (Wildman–Crippen LogP) is 4.29. The van der Waals surface area contributed by atoms with Gasteiger partial charge in [-0.15, -0.1) is 16.4 Å². The number of amides is 4. The monoisotopic (exact) mass is 754 g/mol. The fraction of sp³-hybridized carbons (Fsp3) is 0.486.